The predicted octanol–water partition coefficient (Wildman–Crippen LogP) is -0.828. The van der Waals surface area contributed by atoms with E-state index in [9.17, 15) is 27.7 Å². The molecule has 0 radical (unpaired) electrons. The summed E-state index contributed by atoms with van der Waals surface area (Å²) >= 11 is 0. The highest BCUT2D eigenvalue weighted by atomic mass is 32.2. The predicted molar refractivity (Wildman–Crippen MR) is 69.8 cm³/mol. The highest BCUT2D eigenvalue weighted by Crippen LogP contribution is 2.29. The zero-order chi connectivity index (χ0) is 16.4. The molecule has 1 atom stereocenters. The van der Waals surface area contributed by atoms with Gasteiger partial charge in [0.15, 0.2) is 5.82 Å². The minimum Gasteiger partial charge on any atom is -0.368 e. The van der Waals surface area contributed by atoms with E-state index in [2.05, 4.69) is 0 Å². The van der Waals surface area contributed by atoms with Crippen molar-refractivity contribution in [3.63, 3.8) is 0 Å². The van der Waals surface area contributed by atoms with Crippen LogP contribution in [0, 0.1) is 15.9 Å². The first-order valence-electron chi connectivity index (χ1n) is 5.36. The number of nitro groups is 1. The number of hydrazine groups is 1. The van der Waals surface area contributed by atoms with E-state index in [0.717, 1.165) is 13.0 Å². The van der Waals surface area contributed by atoms with Gasteiger partial charge in [0.25, 0.3) is 5.69 Å². The fourth-order valence-corrected chi connectivity index (χ4v) is 2.84. The van der Waals surface area contributed by atoms with E-state index in [0.29, 0.717) is 6.07 Å². The van der Waals surface area contributed by atoms with Gasteiger partial charge in [-0.15, -0.1) is 0 Å². The van der Waals surface area contributed by atoms with Crippen molar-refractivity contribution in [1.29, 1.82) is 0 Å². The number of non-ortho nitro benzene ring substituents is 1. The number of anilines is 1. The largest absolute Gasteiger partial charge is 0.368 e. The Hall–Kier alpha value is -2.31. The fourth-order valence-electron chi connectivity index (χ4n) is 1.41. The molecule has 0 aliphatic rings. The third kappa shape index (κ3) is 3.62. The SMILES string of the molecule is CC(NS(=O)(=O)c1c(F)cc([N+](=O)[O-])cc1NN)C(N)=O. The van der Waals surface area contributed by atoms with Crippen LogP contribution in [0.25, 0.3) is 0 Å². The smallest absolute Gasteiger partial charge is 0.274 e. The molecule has 0 fully saturated rings. The van der Waals surface area contributed by atoms with E-state index in [1.807, 2.05) is 10.1 Å². The first-order valence-corrected chi connectivity index (χ1v) is 6.84. The number of carbonyl (C=O) groups excluding carboxylic acids is 1. The molecule has 1 aromatic carbocycles. The lowest BCUT2D eigenvalue weighted by Crippen LogP contribution is -2.42. The second-order valence-electron chi connectivity index (χ2n) is 3.95. The number of hydrogen-bond donors (Lipinski definition) is 4. The molecule has 1 aromatic rings. The number of halogens is 1. The monoisotopic (exact) mass is 321 g/mol. The van der Waals surface area contributed by atoms with Crippen molar-refractivity contribution in [1.82, 2.24) is 4.72 Å². The fraction of sp³-hybridized carbons (Fsp3) is 0.222. The van der Waals surface area contributed by atoms with Crippen molar-refractivity contribution in [2.45, 2.75) is 17.9 Å². The Morgan fingerprint density at radius 2 is 2.05 bits per heavy atom. The van der Waals surface area contributed by atoms with E-state index in [-0.39, 0.29) is 0 Å². The summed E-state index contributed by atoms with van der Waals surface area (Å²) in [5, 5.41) is 10.6. The van der Waals surface area contributed by atoms with Crippen molar-refractivity contribution in [2.24, 2.45) is 11.6 Å². The molecule has 12 heteroatoms. The van der Waals surface area contributed by atoms with Gasteiger partial charge in [0.1, 0.15) is 4.90 Å². The van der Waals surface area contributed by atoms with E-state index < -0.39 is 49.0 Å². The molecule has 1 rings (SSSR count). The Labute approximate surface area is 118 Å². The van der Waals surface area contributed by atoms with E-state index in [4.69, 9.17) is 11.6 Å². The molecule has 0 bridgehead atoms. The van der Waals surface area contributed by atoms with Crippen molar-refractivity contribution >= 4 is 27.3 Å². The molecule has 0 saturated carbocycles. The van der Waals surface area contributed by atoms with Crippen LogP contribution in [0.5, 0.6) is 0 Å². The lowest BCUT2D eigenvalue weighted by atomic mass is 10.3. The average molecular weight is 321 g/mol. The maximum atomic E-state index is 13.9. The lowest BCUT2D eigenvalue weighted by molar-refractivity contribution is -0.385. The highest BCUT2D eigenvalue weighted by Gasteiger charge is 2.29. The van der Waals surface area contributed by atoms with Gasteiger partial charge in [-0.25, -0.2) is 12.8 Å². The summed E-state index contributed by atoms with van der Waals surface area (Å²) in [6.07, 6.45) is 0. The number of primary amides is 1. The number of amides is 1. The number of nitro benzene ring substituents is 1. The number of nitrogens with zero attached hydrogens (tertiary/aromatic N) is 1. The summed E-state index contributed by atoms with van der Waals surface area (Å²) < 4.78 is 39.7. The Bertz CT molecular complexity index is 692. The summed E-state index contributed by atoms with van der Waals surface area (Å²) in [5.74, 6) is 2.67. The third-order valence-electron chi connectivity index (χ3n) is 2.42. The third-order valence-corrected chi connectivity index (χ3v) is 4.04. The number of nitrogens with two attached hydrogens (primary N) is 2. The van der Waals surface area contributed by atoms with Crippen LogP contribution in [-0.2, 0) is 14.8 Å². The lowest BCUT2D eigenvalue weighted by Gasteiger charge is -2.14. The van der Waals surface area contributed by atoms with E-state index >= 15 is 0 Å². The number of hydrogen-bond acceptors (Lipinski definition) is 7. The minimum absolute atomic E-state index is 0.421. The van der Waals surface area contributed by atoms with Crippen LogP contribution in [0.1, 0.15) is 6.92 Å². The summed E-state index contributed by atoms with van der Waals surface area (Å²) in [4.78, 5) is 19.6. The van der Waals surface area contributed by atoms with E-state index in [1.165, 1.54) is 0 Å². The molecule has 0 heterocycles. The number of rotatable bonds is 6. The molecule has 0 spiro atoms. The van der Waals surface area contributed by atoms with Gasteiger partial charge in [-0.1, -0.05) is 0 Å². The zero-order valence-corrected chi connectivity index (χ0v) is 11.5. The number of nitrogens with one attached hydrogen (secondary N) is 2. The Morgan fingerprint density at radius 1 is 1.48 bits per heavy atom. The van der Waals surface area contributed by atoms with Gasteiger partial charge in [-0.2, -0.15) is 4.72 Å². The molecular formula is C9H12FN5O5S. The molecule has 0 saturated heterocycles. The summed E-state index contributed by atoms with van der Waals surface area (Å²) in [5.41, 5.74) is 5.54. The Kier molecular flexibility index (Phi) is 4.77. The van der Waals surface area contributed by atoms with Gasteiger partial charge in [0.2, 0.25) is 15.9 Å². The minimum atomic E-state index is -4.51. The molecule has 6 N–H and O–H groups in total. The standard InChI is InChI=1S/C9H12FN5O5S/c1-4(9(11)16)14-21(19,20)8-6(10)2-5(15(17)18)3-7(8)13-12/h2-4,13-14H,12H2,1H3,(H2,11,16). The van der Waals surface area contributed by atoms with Crippen LogP contribution < -0.4 is 21.7 Å². The van der Waals surface area contributed by atoms with Crippen molar-refractivity contribution in [3.8, 4) is 0 Å². The molecule has 0 aliphatic carbocycles. The van der Waals surface area contributed by atoms with Gasteiger partial charge in [-0.05, 0) is 6.92 Å². The quantitative estimate of drug-likeness (QED) is 0.301. The van der Waals surface area contributed by atoms with Crippen LogP contribution in [0.15, 0.2) is 17.0 Å². The van der Waals surface area contributed by atoms with Crippen molar-refractivity contribution in [3.05, 3.63) is 28.1 Å². The second kappa shape index (κ2) is 5.99. The summed E-state index contributed by atoms with van der Waals surface area (Å²) in [6, 6.07) is -0.146. The van der Waals surface area contributed by atoms with Gasteiger partial charge >= 0.3 is 0 Å². The normalized spacial score (nSPS) is 12.7. The Morgan fingerprint density at radius 3 is 2.48 bits per heavy atom. The number of benzene rings is 1. The molecule has 1 amide bonds. The molecule has 116 valence electrons. The number of nitrogen functional groups attached to an aromatic ring is 1. The van der Waals surface area contributed by atoms with Gasteiger partial charge in [-0.3, -0.25) is 20.8 Å². The first-order chi connectivity index (χ1) is 9.60. The van der Waals surface area contributed by atoms with Crippen molar-refractivity contribution < 1.29 is 22.5 Å². The molecule has 0 aliphatic heterocycles. The van der Waals surface area contributed by atoms with Gasteiger partial charge in [0, 0.05) is 6.07 Å². The second-order valence-corrected chi connectivity index (χ2v) is 5.60. The maximum absolute atomic E-state index is 13.9. The zero-order valence-electron chi connectivity index (χ0n) is 10.7. The average Bonchev–Trinajstić information content (AvgIpc) is 2.36. The van der Waals surface area contributed by atoms with Crippen LogP contribution in [-0.4, -0.2) is 25.3 Å². The topological polar surface area (TPSA) is 170 Å². The number of sulfonamides is 1. The first kappa shape index (κ1) is 16.7. The van der Waals surface area contributed by atoms with Crippen LogP contribution in [0.2, 0.25) is 0 Å². The molecule has 1 unspecified atom stereocenters. The van der Waals surface area contributed by atoms with Crippen molar-refractivity contribution in [2.75, 3.05) is 5.43 Å². The maximum Gasteiger partial charge on any atom is 0.274 e. The Balaban J connectivity index is 3.42. The summed E-state index contributed by atoms with van der Waals surface area (Å²) in [6.45, 7) is 1.15. The summed E-state index contributed by atoms with van der Waals surface area (Å²) in [7, 11) is -4.51. The van der Waals surface area contributed by atoms with E-state index in [1.54, 1.807) is 0 Å². The highest BCUT2D eigenvalue weighted by molar-refractivity contribution is 7.89. The number of carbonyl (C=O) groups is 1. The van der Waals surface area contributed by atoms with Gasteiger partial charge in [0.05, 0.1) is 22.7 Å². The molecule has 0 aromatic heterocycles. The molecule has 21 heavy (non-hydrogen) atoms. The molecular weight excluding hydrogens is 309 g/mol. The van der Waals surface area contributed by atoms with Crippen LogP contribution in [0.4, 0.5) is 15.8 Å². The van der Waals surface area contributed by atoms with Crippen LogP contribution >= 0.6 is 0 Å². The van der Waals surface area contributed by atoms with Gasteiger partial charge < -0.3 is 11.2 Å². The van der Waals surface area contributed by atoms with Crippen LogP contribution in [0.3, 0.4) is 0 Å². The molecule has 10 nitrogen and oxygen atoms in total.